The van der Waals surface area contributed by atoms with E-state index in [4.69, 9.17) is 10.00 Å². The molecule has 0 saturated carbocycles. The Morgan fingerprint density at radius 3 is 2.69 bits per heavy atom. The maximum atomic E-state index is 8.86. The zero-order valence-electron chi connectivity index (χ0n) is 7.92. The van der Waals surface area contributed by atoms with Gasteiger partial charge < -0.3 is 9.64 Å². The van der Waals surface area contributed by atoms with Crippen LogP contribution in [0.2, 0.25) is 0 Å². The summed E-state index contributed by atoms with van der Waals surface area (Å²) in [6.45, 7) is 5.83. The molecule has 1 spiro atoms. The fraction of sp³-hybridized carbons (Fsp3) is 0.700. The van der Waals surface area contributed by atoms with Crippen LogP contribution in [0.3, 0.4) is 0 Å². The molecule has 2 aliphatic rings. The van der Waals surface area contributed by atoms with Gasteiger partial charge in [0.05, 0.1) is 18.6 Å². The quantitative estimate of drug-likeness (QED) is 0.595. The topological polar surface area (TPSA) is 36.3 Å². The number of nitrogens with zero attached hydrogens (tertiary/aromatic N) is 2. The minimum Gasteiger partial charge on any atom is -0.380 e. The van der Waals surface area contributed by atoms with Crippen molar-refractivity contribution in [2.45, 2.75) is 13.3 Å². The lowest BCUT2D eigenvalue weighted by molar-refractivity contribution is -0.178. The maximum absolute atomic E-state index is 8.86. The largest absolute Gasteiger partial charge is 0.380 e. The van der Waals surface area contributed by atoms with Gasteiger partial charge in [-0.05, 0) is 6.42 Å². The average molecular weight is 178 g/mol. The first kappa shape index (κ1) is 8.58. The van der Waals surface area contributed by atoms with E-state index in [-0.39, 0.29) is 0 Å². The minimum absolute atomic E-state index is 0.406. The van der Waals surface area contributed by atoms with Crippen LogP contribution < -0.4 is 0 Å². The molecule has 13 heavy (non-hydrogen) atoms. The van der Waals surface area contributed by atoms with Crippen LogP contribution in [0.5, 0.6) is 0 Å². The molecular weight excluding hydrogens is 164 g/mol. The van der Waals surface area contributed by atoms with E-state index in [1.807, 2.05) is 6.08 Å². The van der Waals surface area contributed by atoms with E-state index in [1.54, 1.807) is 0 Å². The maximum Gasteiger partial charge on any atom is 0.117 e. The Balaban J connectivity index is 1.91. The first-order valence-corrected chi connectivity index (χ1v) is 4.73. The van der Waals surface area contributed by atoms with E-state index in [0.29, 0.717) is 5.41 Å². The SMILES string of the molecule is CC/C=C(/C#N)N1CC2(COC2)C1. The van der Waals surface area contributed by atoms with Crippen molar-refractivity contribution in [1.82, 2.24) is 4.90 Å². The summed E-state index contributed by atoms with van der Waals surface area (Å²) in [7, 11) is 0. The van der Waals surface area contributed by atoms with Crippen molar-refractivity contribution in [1.29, 1.82) is 5.26 Å². The molecule has 2 saturated heterocycles. The second kappa shape index (κ2) is 3.04. The summed E-state index contributed by atoms with van der Waals surface area (Å²) in [5.74, 6) is 0. The van der Waals surface area contributed by atoms with Gasteiger partial charge in [0.1, 0.15) is 11.8 Å². The molecule has 0 unspecified atom stereocenters. The molecule has 2 fully saturated rings. The molecule has 0 radical (unpaired) electrons. The molecule has 2 heterocycles. The summed E-state index contributed by atoms with van der Waals surface area (Å²) >= 11 is 0. The van der Waals surface area contributed by atoms with Gasteiger partial charge in [0.15, 0.2) is 0 Å². The Morgan fingerprint density at radius 2 is 2.31 bits per heavy atom. The molecule has 2 aliphatic heterocycles. The Kier molecular flexibility index (Phi) is 2.01. The van der Waals surface area contributed by atoms with Crippen LogP contribution in [0.4, 0.5) is 0 Å². The molecule has 0 aromatic carbocycles. The molecule has 3 heteroatoms. The molecule has 70 valence electrons. The van der Waals surface area contributed by atoms with Gasteiger partial charge in [-0.25, -0.2) is 0 Å². The third-order valence-corrected chi connectivity index (χ3v) is 2.72. The van der Waals surface area contributed by atoms with Crippen LogP contribution in [0.25, 0.3) is 0 Å². The molecule has 0 aromatic rings. The van der Waals surface area contributed by atoms with E-state index in [2.05, 4.69) is 17.9 Å². The van der Waals surface area contributed by atoms with Crippen molar-refractivity contribution in [3.8, 4) is 6.07 Å². The van der Waals surface area contributed by atoms with Crippen molar-refractivity contribution in [2.24, 2.45) is 5.41 Å². The number of nitriles is 1. The summed E-state index contributed by atoms with van der Waals surface area (Å²) in [6, 6.07) is 2.24. The average Bonchev–Trinajstić information content (AvgIpc) is 1.97. The molecule has 0 atom stereocenters. The Labute approximate surface area is 78.6 Å². The highest BCUT2D eigenvalue weighted by Gasteiger charge is 2.49. The summed E-state index contributed by atoms with van der Waals surface area (Å²) in [6.07, 6.45) is 2.93. The molecule has 0 N–H and O–H groups in total. The monoisotopic (exact) mass is 178 g/mol. The predicted octanol–water partition coefficient (Wildman–Crippen LogP) is 1.14. The Hall–Kier alpha value is -1.01. The lowest BCUT2D eigenvalue weighted by Crippen LogP contribution is -2.65. The molecule has 3 nitrogen and oxygen atoms in total. The molecular formula is C10H14N2O. The molecule has 0 amide bonds. The van der Waals surface area contributed by atoms with E-state index in [0.717, 1.165) is 38.4 Å². The zero-order chi connectivity index (χ0) is 9.31. The van der Waals surface area contributed by atoms with Gasteiger partial charge in [0, 0.05) is 13.1 Å². The smallest absolute Gasteiger partial charge is 0.117 e. The second-order valence-electron chi connectivity index (χ2n) is 3.96. The highest BCUT2D eigenvalue weighted by molar-refractivity contribution is 5.23. The molecule has 0 aliphatic carbocycles. The number of ether oxygens (including phenoxy) is 1. The minimum atomic E-state index is 0.406. The fourth-order valence-corrected chi connectivity index (χ4v) is 1.95. The first-order valence-electron chi connectivity index (χ1n) is 4.73. The van der Waals surface area contributed by atoms with Gasteiger partial charge in [0.25, 0.3) is 0 Å². The van der Waals surface area contributed by atoms with Crippen molar-refractivity contribution < 1.29 is 4.74 Å². The lowest BCUT2D eigenvalue weighted by atomic mass is 9.78. The standard InChI is InChI=1S/C10H14N2O/c1-2-3-9(4-11)12-5-10(6-12)7-13-8-10/h3H,2,5-8H2,1H3/b9-3-. The zero-order valence-corrected chi connectivity index (χ0v) is 7.92. The lowest BCUT2D eigenvalue weighted by Gasteiger charge is -2.55. The molecule has 2 rings (SSSR count). The highest BCUT2D eigenvalue weighted by Crippen LogP contribution is 2.39. The van der Waals surface area contributed by atoms with Crippen LogP contribution in [-0.2, 0) is 4.74 Å². The number of hydrogen-bond acceptors (Lipinski definition) is 3. The number of rotatable bonds is 2. The number of likely N-dealkylation sites (tertiary alicyclic amines) is 1. The van der Waals surface area contributed by atoms with Crippen LogP contribution in [0.15, 0.2) is 11.8 Å². The third kappa shape index (κ3) is 1.31. The predicted molar refractivity (Wildman–Crippen MR) is 48.8 cm³/mol. The number of allylic oxidation sites excluding steroid dienone is 2. The van der Waals surface area contributed by atoms with Crippen LogP contribution >= 0.6 is 0 Å². The van der Waals surface area contributed by atoms with Gasteiger partial charge in [-0.1, -0.05) is 13.0 Å². The number of hydrogen-bond donors (Lipinski definition) is 0. The highest BCUT2D eigenvalue weighted by atomic mass is 16.5. The van der Waals surface area contributed by atoms with Crippen LogP contribution in [-0.4, -0.2) is 31.2 Å². The van der Waals surface area contributed by atoms with Crippen molar-refractivity contribution in [3.05, 3.63) is 11.8 Å². The summed E-state index contributed by atoms with van der Waals surface area (Å²) in [5, 5.41) is 8.86. The normalized spacial score (nSPS) is 24.9. The van der Waals surface area contributed by atoms with E-state index >= 15 is 0 Å². The second-order valence-corrected chi connectivity index (χ2v) is 3.96. The van der Waals surface area contributed by atoms with Gasteiger partial charge >= 0.3 is 0 Å². The van der Waals surface area contributed by atoms with Gasteiger partial charge in [-0.15, -0.1) is 0 Å². The van der Waals surface area contributed by atoms with Crippen molar-refractivity contribution in [3.63, 3.8) is 0 Å². The van der Waals surface area contributed by atoms with E-state index in [1.165, 1.54) is 0 Å². The summed E-state index contributed by atoms with van der Waals surface area (Å²) < 4.78 is 5.17. The van der Waals surface area contributed by atoms with Gasteiger partial charge in [-0.3, -0.25) is 0 Å². The van der Waals surface area contributed by atoms with Crippen molar-refractivity contribution >= 4 is 0 Å². The molecule has 0 aromatic heterocycles. The van der Waals surface area contributed by atoms with Crippen LogP contribution in [0.1, 0.15) is 13.3 Å². The van der Waals surface area contributed by atoms with Gasteiger partial charge in [0.2, 0.25) is 0 Å². The molecule has 0 bridgehead atoms. The third-order valence-electron chi connectivity index (χ3n) is 2.72. The van der Waals surface area contributed by atoms with Gasteiger partial charge in [-0.2, -0.15) is 5.26 Å². The summed E-state index contributed by atoms with van der Waals surface area (Å²) in [4.78, 5) is 2.14. The Morgan fingerprint density at radius 1 is 1.62 bits per heavy atom. The van der Waals surface area contributed by atoms with E-state index < -0.39 is 0 Å². The van der Waals surface area contributed by atoms with Crippen molar-refractivity contribution in [2.75, 3.05) is 26.3 Å². The summed E-state index contributed by atoms with van der Waals surface area (Å²) in [5.41, 5.74) is 1.24. The van der Waals surface area contributed by atoms with E-state index in [9.17, 15) is 0 Å². The Bertz CT molecular complexity index is 265. The van der Waals surface area contributed by atoms with Crippen LogP contribution in [0, 0.1) is 16.7 Å². The fourth-order valence-electron chi connectivity index (χ4n) is 1.95. The first-order chi connectivity index (χ1) is 6.29.